The molecule has 0 heterocycles. The van der Waals surface area contributed by atoms with Gasteiger partial charge in [-0.15, -0.1) is 0 Å². The Morgan fingerprint density at radius 2 is 1.63 bits per heavy atom. The van der Waals surface area contributed by atoms with Gasteiger partial charge in [0, 0.05) is 19.0 Å². The molecule has 9 heteroatoms. The zero-order valence-corrected chi connectivity index (χ0v) is 15.5. The molecule has 1 aromatic rings. The van der Waals surface area contributed by atoms with Gasteiger partial charge in [-0.1, -0.05) is 12.1 Å². The van der Waals surface area contributed by atoms with Crippen molar-refractivity contribution in [2.75, 3.05) is 26.6 Å². The van der Waals surface area contributed by atoms with E-state index in [1.54, 1.807) is 24.3 Å². The van der Waals surface area contributed by atoms with Crippen LogP contribution in [0.4, 0.5) is 5.69 Å². The Labute approximate surface area is 156 Å². The summed E-state index contributed by atoms with van der Waals surface area (Å²) in [5.41, 5.74) is 1.16. The van der Waals surface area contributed by atoms with Gasteiger partial charge in [0.15, 0.2) is 0 Å². The summed E-state index contributed by atoms with van der Waals surface area (Å²) in [6.45, 7) is 1.31. The topological polar surface area (TPSA) is 120 Å². The number of rotatable bonds is 8. The molecule has 0 bridgehead atoms. The van der Waals surface area contributed by atoms with Crippen molar-refractivity contribution >= 4 is 29.5 Å². The lowest BCUT2D eigenvalue weighted by molar-refractivity contribution is -0.144. The van der Waals surface area contributed by atoms with Crippen molar-refractivity contribution in [2.24, 2.45) is 0 Å². The van der Waals surface area contributed by atoms with Gasteiger partial charge in [-0.2, -0.15) is 0 Å². The first-order valence-electron chi connectivity index (χ1n) is 7.89. The summed E-state index contributed by atoms with van der Waals surface area (Å²) in [5, 5.41) is 5.29. The zero-order valence-electron chi connectivity index (χ0n) is 15.5. The summed E-state index contributed by atoms with van der Waals surface area (Å²) >= 11 is 0. The second-order valence-electron chi connectivity index (χ2n) is 5.38. The molecule has 1 atom stereocenters. The highest BCUT2D eigenvalue weighted by Crippen LogP contribution is 2.14. The monoisotopic (exact) mass is 378 g/mol. The number of nitrogens with one attached hydrogen (secondary N) is 2. The molecule has 2 N–H and O–H groups in total. The van der Waals surface area contributed by atoms with Crippen LogP contribution < -0.4 is 10.6 Å². The van der Waals surface area contributed by atoms with Gasteiger partial charge in [-0.3, -0.25) is 4.79 Å². The van der Waals surface area contributed by atoms with Crippen molar-refractivity contribution in [2.45, 2.75) is 19.4 Å². The molecule has 0 spiro atoms. The van der Waals surface area contributed by atoms with Gasteiger partial charge in [-0.25, -0.2) is 14.4 Å². The first-order chi connectivity index (χ1) is 12.8. The van der Waals surface area contributed by atoms with Crippen molar-refractivity contribution in [3.8, 4) is 0 Å². The van der Waals surface area contributed by atoms with E-state index in [1.807, 2.05) is 0 Å². The molecule has 0 aliphatic heterocycles. The fourth-order valence-electron chi connectivity index (χ4n) is 2.13. The maximum atomic E-state index is 11.8. The molecule has 1 amide bonds. The fraction of sp³-hybridized carbons (Fsp3) is 0.333. The maximum Gasteiger partial charge on any atom is 0.354 e. The quantitative estimate of drug-likeness (QED) is 0.382. The smallest absolute Gasteiger partial charge is 0.354 e. The molecule has 1 aromatic carbocycles. The Morgan fingerprint density at radius 3 is 2.11 bits per heavy atom. The largest absolute Gasteiger partial charge is 0.467 e. The van der Waals surface area contributed by atoms with Crippen LogP contribution in [0, 0.1) is 0 Å². The molecule has 27 heavy (non-hydrogen) atoms. The van der Waals surface area contributed by atoms with Crippen LogP contribution in [0.2, 0.25) is 0 Å². The minimum atomic E-state index is -0.809. The number of esters is 3. The van der Waals surface area contributed by atoms with Crippen molar-refractivity contribution in [3.63, 3.8) is 0 Å². The summed E-state index contributed by atoms with van der Waals surface area (Å²) in [6.07, 6.45) is 1.21. The number of hydrogen-bond donors (Lipinski definition) is 2. The summed E-state index contributed by atoms with van der Waals surface area (Å²) < 4.78 is 13.8. The lowest BCUT2D eigenvalue weighted by Crippen LogP contribution is -2.41. The normalized spacial score (nSPS) is 11.8. The van der Waals surface area contributed by atoms with Crippen molar-refractivity contribution in [1.82, 2.24) is 5.32 Å². The van der Waals surface area contributed by atoms with Crippen molar-refractivity contribution in [3.05, 3.63) is 41.6 Å². The standard InChI is InChI=1S/C18H22N2O7/c1-11(21)19-14(17(23)26-3)9-12-5-7-13(8-6-12)20-15(18(24)27-4)10-16(22)25-2/h5-8,10,14,20H,9H2,1-4H3,(H,19,21)/b15-10+. The number of ether oxygens (including phenoxy) is 3. The highest BCUT2D eigenvalue weighted by atomic mass is 16.5. The summed E-state index contributed by atoms with van der Waals surface area (Å²) in [6, 6.07) is 5.88. The van der Waals surface area contributed by atoms with E-state index >= 15 is 0 Å². The Balaban J connectivity index is 2.91. The first kappa shape index (κ1) is 21.7. The Hall–Kier alpha value is -3.36. The van der Waals surface area contributed by atoms with E-state index in [0.29, 0.717) is 5.69 Å². The van der Waals surface area contributed by atoms with Gasteiger partial charge in [0.2, 0.25) is 5.91 Å². The first-order valence-corrected chi connectivity index (χ1v) is 7.89. The molecule has 0 fully saturated rings. The molecule has 9 nitrogen and oxygen atoms in total. The molecular formula is C18H22N2O7. The van der Waals surface area contributed by atoms with E-state index in [1.165, 1.54) is 28.3 Å². The molecule has 1 rings (SSSR count). The zero-order chi connectivity index (χ0) is 20.4. The van der Waals surface area contributed by atoms with Gasteiger partial charge in [0.05, 0.1) is 27.4 Å². The lowest BCUT2D eigenvalue weighted by Gasteiger charge is -2.16. The van der Waals surface area contributed by atoms with E-state index in [0.717, 1.165) is 11.6 Å². The van der Waals surface area contributed by atoms with Crippen molar-refractivity contribution in [1.29, 1.82) is 0 Å². The molecule has 0 aliphatic carbocycles. The number of anilines is 1. The number of hydrogen-bond acceptors (Lipinski definition) is 8. The second kappa shape index (κ2) is 10.6. The van der Waals surface area contributed by atoms with E-state index < -0.39 is 23.9 Å². The van der Waals surface area contributed by atoms with E-state index in [-0.39, 0.29) is 18.0 Å². The SMILES string of the molecule is COC(=O)/C=C(/Nc1ccc(CC(NC(C)=O)C(=O)OC)cc1)C(=O)OC. The van der Waals surface area contributed by atoms with Crippen LogP contribution in [-0.4, -0.2) is 51.2 Å². The summed E-state index contributed by atoms with van der Waals surface area (Å²) in [7, 11) is 3.62. The molecular weight excluding hydrogens is 356 g/mol. The Kier molecular flexibility index (Phi) is 8.50. The average Bonchev–Trinajstić information content (AvgIpc) is 2.66. The van der Waals surface area contributed by atoms with E-state index in [9.17, 15) is 19.2 Å². The number of carbonyl (C=O) groups excluding carboxylic acids is 4. The average molecular weight is 378 g/mol. The minimum Gasteiger partial charge on any atom is -0.467 e. The van der Waals surface area contributed by atoms with E-state index in [4.69, 9.17) is 0 Å². The molecule has 0 aliphatic rings. The second-order valence-corrected chi connectivity index (χ2v) is 5.38. The lowest BCUT2D eigenvalue weighted by atomic mass is 10.1. The highest BCUT2D eigenvalue weighted by molar-refractivity contribution is 5.98. The fourth-order valence-corrected chi connectivity index (χ4v) is 2.13. The van der Waals surface area contributed by atoms with Gasteiger partial charge in [-0.05, 0) is 17.7 Å². The van der Waals surface area contributed by atoms with Crippen LogP contribution in [0.15, 0.2) is 36.0 Å². The molecule has 0 saturated carbocycles. The summed E-state index contributed by atoms with van der Waals surface area (Å²) in [4.78, 5) is 46.1. The molecule has 146 valence electrons. The molecule has 1 unspecified atom stereocenters. The Bertz CT molecular complexity index is 726. The maximum absolute atomic E-state index is 11.8. The van der Waals surface area contributed by atoms with Crippen LogP contribution in [-0.2, 0) is 39.8 Å². The van der Waals surface area contributed by atoms with E-state index in [2.05, 4.69) is 24.8 Å². The Morgan fingerprint density at radius 1 is 1.00 bits per heavy atom. The summed E-state index contributed by atoms with van der Waals surface area (Å²) in [5.74, 6) is -2.35. The number of amides is 1. The minimum absolute atomic E-state index is 0.0946. The van der Waals surface area contributed by atoms with Crippen LogP contribution in [0.1, 0.15) is 12.5 Å². The van der Waals surface area contributed by atoms with Crippen LogP contribution in [0.3, 0.4) is 0 Å². The molecule has 0 aromatic heterocycles. The van der Waals surface area contributed by atoms with Crippen molar-refractivity contribution < 1.29 is 33.4 Å². The van der Waals surface area contributed by atoms with Gasteiger partial charge in [0.1, 0.15) is 11.7 Å². The van der Waals surface area contributed by atoms with Crippen LogP contribution in [0.25, 0.3) is 0 Å². The third kappa shape index (κ3) is 7.18. The predicted octanol–water partition coefficient (Wildman–Crippen LogP) is 0.549. The van der Waals surface area contributed by atoms with Crippen LogP contribution >= 0.6 is 0 Å². The number of carbonyl (C=O) groups is 4. The highest BCUT2D eigenvalue weighted by Gasteiger charge is 2.20. The predicted molar refractivity (Wildman–Crippen MR) is 95.5 cm³/mol. The van der Waals surface area contributed by atoms with Gasteiger partial charge >= 0.3 is 17.9 Å². The van der Waals surface area contributed by atoms with Gasteiger partial charge in [0.25, 0.3) is 0 Å². The number of methoxy groups -OCH3 is 3. The molecule has 0 radical (unpaired) electrons. The third-order valence-corrected chi connectivity index (χ3v) is 3.40. The van der Waals surface area contributed by atoms with Gasteiger partial charge < -0.3 is 24.8 Å². The number of benzene rings is 1. The molecule has 0 saturated heterocycles. The van der Waals surface area contributed by atoms with Crippen LogP contribution in [0.5, 0.6) is 0 Å². The third-order valence-electron chi connectivity index (χ3n) is 3.40.